The van der Waals surface area contributed by atoms with Crippen molar-refractivity contribution in [3.63, 3.8) is 0 Å². The highest BCUT2D eigenvalue weighted by Crippen LogP contribution is 2.12. The average Bonchev–Trinajstić information content (AvgIpc) is 2.36. The smallest absolute Gasteiger partial charge is 0.341 e. The molecule has 0 atom stereocenters. The molecule has 4 N–H and O–H groups in total. The van der Waals surface area contributed by atoms with Gasteiger partial charge < -0.3 is 15.8 Å². The fraction of sp³-hybridized carbons (Fsp3) is 0. The van der Waals surface area contributed by atoms with Crippen molar-refractivity contribution in [3.05, 3.63) is 51.8 Å². The Morgan fingerprint density at radius 2 is 2.05 bits per heavy atom. The first-order valence-electron chi connectivity index (χ1n) is 5.35. The fourth-order valence-electron chi connectivity index (χ4n) is 1.68. The van der Waals surface area contributed by atoms with Gasteiger partial charge in [0.25, 0.3) is 0 Å². The lowest BCUT2D eigenvalue weighted by Crippen LogP contribution is -2.15. The number of hydrogen-bond donors (Lipinski definition) is 3. The van der Waals surface area contributed by atoms with Crippen LogP contribution in [0.15, 0.2) is 35.3 Å². The molecule has 1 aromatic heterocycles. The SMILES string of the molecule is NC(=O)C=Cc1ccc2[nH]cc(C(=O)O)c(=O)c2c1. The highest BCUT2D eigenvalue weighted by Gasteiger charge is 2.11. The number of primary amides is 1. The van der Waals surface area contributed by atoms with Crippen molar-refractivity contribution >= 4 is 28.9 Å². The molecular formula is C13H10N2O4. The molecule has 0 spiro atoms. The van der Waals surface area contributed by atoms with Crippen LogP contribution in [0.4, 0.5) is 0 Å². The number of nitrogens with two attached hydrogens (primary N) is 1. The van der Waals surface area contributed by atoms with Crippen LogP contribution in [-0.4, -0.2) is 22.0 Å². The Labute approximate surface area is 107 Å². The Bertz CT molecular complexity index is 759. The van der Waals surface area contributed by atoms with Crippen molar-refractivity contribution in [2.24, 2.45) is 5.73 Å². The van der Waals surface area contributed by atoms with Crippen LogP contribution in [-0.2, 0) is 4.79 Å². The van der Waals surface area contributed by atoms with E-state index in [9.17, 15) is 14.4 Å². The van der Waals surface area contributed by atoms with Crippen LogP contribution >= 0.6 is 0 Å². The normalized spacial score (nSPS) is 10.9. The number of aromatic amines is 1. The average molecular weight is 258 g/mol. The maximum atomic E-state index is 11.9. The second-order valence-corrected chi connectivity index (χ2v) is 3.88. The van der Waals surface area contributed by atoms with E-state index in [4.69, 9.17) is 10.8 Å². The molecule has 0 radical (unpaired) electrons. The lowest BCUT2D eigenvalue weighted by molar-refractivity contribution is -0.113. The monoisotopic (exact) mass is 258 g/mol. The first-order valence-corrected chi connectivity index (χ1v) is 5.35. The summed E-state index contributed by atoms with van der Waals surface area (Å²) >= 11 is 0. The number of aromatic nitrogens is 1. The Morgan fingerprint density at radius 1 is 1.32 bits per heavy atom. The zero-order chi connectivity index (χ0) is 14.0. The van der Waals surface area contributed by atoms with E-state index in [-0.39, 0.29) is 10.9 Å². The van der Waals surface area contributed by atoms with E-state index in [1.54, 1.807) is 12.1 Å². The minimum atomic E-state index is -1.29. The van der Waals surface area contributed by atoms with Gasteiger partial charge in [-0.2, -0.15) is 0 Å². The van der Waals surface area contributed by atoms with Crippen molar-refractivity contribution in [1.82, 2.24) is 4.98 Å². The molecule has 1 aromatic carbocycles. The standard InChI is InChI=1S/C13H10N2O4/c14-11(16)4-2-7-1-3-10-8(5-7)12(17)9(6-15-10)13(18)19/h1-6H,(H2,14,16)(H,15,17)(H,18,19). The summed E-state index contributed by atoms with van der Waals surface area (Å²) in [5.41, 5.74) is 5.17. The van der Waals surface area contributed by atoms with Gasteiger partial charge in [0, 0.05) is 23.2 Å². The quantitative estimate of drug-likeness (QED) is 0.704. The van der Waals surface area contributed by atoms with Crippen LogP contribution in [0.5, 0.6) is 0 Å². The maximum absolute atomic E-state index is 11.9. The zero-order valence-corrected chi connectivity index (χ0v) is 9.71. The molecule has 0 aliphatic heterocycles. The van der Waals surface area contributed by atoms with Crippen LogP contribution in [0, 0.1) is 0 Å². The predicted molar refractivity (Wildman–Crippen MR) is 69.8 cm³/mol. The summed E-state index contributed by atoms with van der Waals surface area (Å²) in [6.07, 6.45) is 3.77. The van der Waals surface area contributed by atoms with E-state index in [0.717, 1.165) is 12.3 Å². The summed E-state index contributed by atoms with van der Waals surface area (Å²) in [5, 5.41) is 9.12. The zero-order valence-electron chi connectivity index (χ0n) is 9.71. The van der Waals surface area contributed by atoms with Crippen LogP contribution in [0.3, 0.4) is 0 Å². The number of carbonyl (C=O) groups is 2. The van der Waals surface area contributed by atoms with Crippen LogP contribution in [0.1, 0.15) is 15.9 Å². The van der Waals surface area contributed by atoms with Crippen LogP contribution < -0.4 is 11.2 Å². The van der Waals surface area contributed by atoms with Crippen LogP contribution in [0.2, 0.25) is 0 Å². The molecule has 19 heavy (non-hydrogen) atoms. The van der Waals surface area contributed by atoms with Gasteiger partial charge in [0.1, 0.15) is 5.56 Å². The first kappa shape index (κ1) is 12.6. The number of pyridine rings is 1. The molecule has 2 rings (SSSR count). The topological polar surface area (TPSA) is 113 Å². The molecule has 2 aromatic rings. The number of nitrogens with one attached hydrogen (secondary N) is 1. The third kappa shape index (κ3) is 2.52. The van der Waals surface area contributed by atoms with Crippen molar-refractivity contribution in [3.8, 4) is 0 Å². The van der Waals surface area contributed by atoms with E-state index in [1.165, 1.54) is 12.1 Å². The number of carbonyl (C=O) groups excluding carboxylic acids is 1. The molecule has 0 fully saturated rings. The molecule has 6 nitrogen and oxygen atoms in total. The number of aromatic carboxylic acids is 1. The largest absolute Gasteiger partial charge is 0.477 e. The Hall–Kier alpha value is -2.89. The van der Waals surface area contributed by atoms with Crippen LogP contribution in [0.25, 0.3) is 17.0 Å². The van der Waals surface area contributed by atoms with Gasteiger partial charge in [-0.05, 0) is 23.8 Å². The highest BCUT2D eigenvalue weighted by molar-refractivity contribution is 5.94. The number of H-pyrrole nitrogens is 1. The number of hydrogen-bond acceptors (Lipinski definition) is 3. The molecule has 6 heteroatoms. The van der Waals surface area contributed by atoms with Gasteiger partial charge in [0.2, 0.25) is 11.3 Å². The second-order valence-electron chi connectivity index (χ2n) is 3.88. The number of fused-ring (bicyclic) bond motifs is 1. The molecule has 0 saturated carbocycles. The minimum Gasteiger partial charge on any atom is -0.477 e. The van der Waals surface area contributed by atoms with E-state index < -0.39 is 17.3 Å². The lowest BCUT2D eigenvalue weighted by Gasteiger charge is -2.01. The molecule has 0 aliphatic carbocycles. The highest BCUT2D eigenvalue weighted by atomic mass is 16.4. The predicted octanol–water partition coefficient (Wildman–Crippen LogP) is 0.725. The number of amides is 1. The van der Waals surface area contributed by atoms with Gasteiger partial charge in [0.05, 0.1) is 0 Å². The lowest BCUT2D eigenvalue weighted by atomic mass is 10.1. The second kappa shape index (κ2) is 4.77. The van der Waals surface area contributed by atoms with Gasteiger partial charge in [-0.25, -0.2) is 4.79 Å². The van der Waals surface area contributed by atoms with Gasteiger partial charge >= 0.3 is 5.97 Å². The molecule has 0 aliphatic rings. The molecule has 0 bridgehead atoms. The summed E-state index contributed by atoms with van der Waals surface area (Å²) in [6.45, 7) is 0. The van der Waals surface area contributed by atoms with E-state index >= 15 is 0 Å². The van der Waals surface area contributed by atoms with E-state index in [0.29, 0.717) is 11.1 Å². The Balaban J connectivity index is 2.64. The molecular weight excluding hydrogens is 248 g/mol. The number of benzene rings is 1. The van der Waals surface area contributed by atoms with E-state index in [1.807, 2.05) is 0 Å². The number of carboxylic acid groups (broad SMARTS) is 1. The van der Waals surface area contributed by atoms with Crippen molar-refractivity contribution < 1.29 is 14.7 Å². The minimum absolute atomic E-state index is 0.242. The van der Waals surface area contributed by atoms with Crippen molar-refractivity contribution in [1.29, 1.82) is 0 Å². The Morgan fingerprint density at radius 3 is 2.68 bits per heavy atom. The summed E-state index contributed by atoms with van der Waals surface area (Å²) in [5.74, 6) is -1.89. The molecule has 1 amide bonds. The molecule has 0 saturated heterocycles. The third-order valence-electron chi connectivity index (χ3n) is 2.58. The van der Waals surface area contributed by atoms with E-state index in [2.05, 4.69) is 4.98 Å². The molecule has 0 unspecified atom stereocenters. The Kier molecular flexibility index (Phi) is 3.15. The van der Waals surface area contributed by atoms with Gasteiger partial charge in [-0.3, -0.25) is 9.59 Å². The summed E-state index contributed by atoms with van der Waals surface area (Å²) in [4.78, 5) is 36.2. The number of carboxylic acids is 1. The van der Waals surface area contributed by atoms with Gasteiger partial charge in [0.15, 0.2) is 0 Å². The summed E-state index contributed by atoms with van der Waals surface area (Å²) < 4.78 is 0. The number of rotatable bonds is 3. The third-order valence-corrected chi connectivity index (χ3v) is 2.58. The molecule has 1 heterocycles. The summed E-state index contributed by atoms with van der Waals surface area (Å²) in [7, 11) is 0. The van der Waals surface area contributed by atoms with Gasteiger partial charge in [-0.1, -0.05) is 6.07 Å². The summed E-state index contributed by atoms with van der Waals surface area (Å²) in [6, 6.07) is 4.81. The fourth-order valence-corrected chi connectivity index (χ4v) is 1.68. The maximum Gasteiger partial charge on any atom is 0.341 e. The van der Waals surface area contributed by atoms with Crippen molar-refractivity contribution in [2.45, 2.75) is 0 Å². The van der Waals surface area contributed by atoms with Crippen molar-refractivity contribution in [2.75, 3.05) is 0 Å². The molecule has 96 valence electrons. The first-order chi connectivity index (χ1) is 8.99. The van der Waals surface area contributed by atoms with Gasteiger partial charge in [-0.15, -0.1) is 0 Å².